The van der Waals surface area contributed by atoms with E-state index in [9.17, 15) is 0 Å². The minimum Gasteiger partial charge on any atom is -0.313 e. The Labute approximate surface area is 136 Å². The van der Waals surface area contributed by atoms with Gasteiger partial charge in [-0.15, -0.1) is 0 Å². The third-order valence-corrected chi connectivity index (χ3v) is 4.64. The van der Waals surface area contributed by atoms with Gasteiger partial charge in [0.05, 0.1) is 15.9 Å². The molecule has 0 fully saturated rings. The van der Waals surface area contributed by atoms with Crippen LogP contribution in [0.5, 0.6) is 0 Å². The lowest BCUT2D eigenvalue weighted by Gasteiger charge is -2.11. The first-order valence-corrected chi connectivity index (χ1v) is 8.20. The number of rotatable bonds is 5. The maximum absolute atomic E-state index is 4.56. The second-order valence-electron chi connectivity index (χ2n) is 4.71. The van der Waals surface area contributed by atoms with Crippen molar-refractivity contribution in [2.24, 2.45) is 0 Å². The second-order valence-corrected chi connectivity index (χ2v) is 6.42. The highest BCUT2D eigenvalue weighted by atomic mass is 79.9. The van der Waals surface area contributed by atoms with Crippen LogP contribution in [0.1, 0.15) is 30.3 Å². The van der Waals surface area contributed by atoms with E-state index in [4.69, 9.17) is 0 Å². The van der Waals surface area contributed by atoms with Crippen LogP contribution in [-0.2, 0) is 6.54 Å². The third-order valence-electron chi connectivity index (χ3n) is 3.06. The largest absolute Gasteiger partial charge is 0.313 e. The zero-order valence-corrected chi connectivity index (χ0v) is 15.0. The molecule has 20 heavy (non-hydrogen) atoms. The zero-order valence-electron chi connectivity index (χ0n) is 11.9. The van der Waals surface area contributed by atoms with Crippen molar-refractivity contribution in [2.75, 3.05) is 6.54 Å². The summed E-state index contributed by atoms with van der Waals surface area (Å²) in [5, 5.41) is 7.98. The van der Waals surface area contributed by atoms with Gasteiger partial charge in [0.1, 0.15) is 0 Å². The number of aromatic nitrogens is 3. The van der Waals surface area contributed by atoms with Crippen molar-refractivity contribution in [2.45, 2.75) is 33.7 Å². The standard InChI is InChI=1S/C14H18Br2N4/c1-4-5-17-7-11-6-12(15)8-18-14(11)20-10(3)13(16)9(2)19-20/h6,8,17H,4-5,7H2,1-3H3. The van der Waals surface area contributed by atoms with Gasteiger partial charge < -0.3 is 5.32 Å². The molecule has 0 saturated carbocycles. The monoisotopic (exact) mass is 400 g/mol. The summed E-state index contributed by atoms with van der Waals surface area (Å²) in [5.74, 6) is 0.878. The number of nitrogens with zero attached hydrogens (tertiary/aromatic N) is 3. The average molecular weight is 402 g/mol. The van der Waals surface area contributed by atoms with Crippen LogP contribution < -0.4 is 5.32 Å². The Morgan fingerprint density at radius 2 is 2.05 bits per heavy atom. The number of hydrogen-bond acceptors (Lipinski definition) is 3. The van der Waals surface area contributed by atoms with Crippen LogP contribution in [0.2, 0.25) is 0 Å². The predicted molar refractivity (Wildman–Crippen MR) is 88.2 cm³/mol. The van der Waals surface area contributed by atoms with E-state index in [1.807, 2.05) is 24.7 Å². The Morgan fingerprint density at radius 1 is 1.30 bits per heavy atom. The zero-order chi connectivity index (χ0) is 14.7. The van der Waals surface area contributed by atoms with Crippen molar-refractivity contribution in [1.29, 1.82) is 0 Å². The molecule has 0 bridgehead atoms. The van der Waals surface area contributed by atoms with Crippen molar-refractivity contribution in [3.8, 4) is 5.82 Å². The molecule has 0 aliphatic rings. The lowest BCUT2D eigenvalue weighted by Crippen LogP contribution is -2.17. The Kier molecular flexibility index (Phi) is 5.35. The van der Waals surface area contributed by atoms with Crippen LogP contribution in [0, 0.1) is 13.8 Å². The molecule has 0 aliphatic carbocycles. The summed E-state index contributed by atoms with van der Waals surface area (Å²) in [7, 11) is 0. The molecular weight excluding hydrogens is 384 g/mol. The van der Waals surface area contributed by atoms with Gasteiger partial charge in [0.15, 0.2) is 5.82 Å². The summed E-state index contributed by atoms with van der Waals surface area (Å²) < 4.78 is 3.92. The highest BCUT2D eigenvalue weighted by Crippen LogP contribution is 2.24. The fourth-order valence-corrected chi connectivity index (χ4v) is 2.65. The van der Waals surface area contributed by atoms with Crippen LogP contribution in [0.25, 0.3) is 5.82 Å². The predicted octanol–water partition coefficient (Wildman–Crippen LogP) is 3.91. The van der Waals surface area contributed by atoms with E-state index < -0.39 is 0 Å². The molecule has 0 aromatic carbocycles. The van der Waals surface area contributed by atoms with Crippen LogP contribution in [0.15, 0.2) is 21.2 Å². The lowest BCUT2D eigenvalue weighted by molar-refractivity contribution is 0.664. The summed E-state index contributed by atoms with van der Waals surface area (Å²) >= 11 is 7.05. The van der Waals surface area contributed by atoms with Crippen molar-refractivity contribution < 1.29 is 0 Å². The first-order chi connectivity index (χ1) is 9.54. The second kappa shape index (κ2) is 6.83. The number of aryl methyl sites for hydroxylation is 1. The summed E-state index contributed by atoms with van der Waals surface area (Å²) in [6.45, 7) is 7.96. The number of nitrogens with one attached hydrogen (secondary N) is 1. The summed E-state index contributed by atoms with van der Waals surface area (Å²) in [4.78, 5) is 4.54. The first-order valence-electron chi connectivity index (χ1n) is 6.61. The topological polar surface area (TPSA) is 42.7 Å². The molecule has 2 heterocycles. The van der Waals surface area contributed by atoms with Crippen LogP contribution >= 0.6 is 31.9 Å². The van der Waals surface area contributed by atoms with E-state index >= 15 is 0 Å². The highest BCUT2D eigenvalue weighted by Gasteiger charge is 2.14. The van der Waals surface area contributed by atoms with E-state index in [1.54, 1.807) is 0 Å². The van der Waals surface area contributed by atoms with Crippen LogP contribution in [0.4, 0.5) is 0 Å². The van der Waals surface area contributed by atoms with Gasteiger partial charge in [-0.1, -0.05) is 6.92 Å². The lowest BCUT2D eigenvalue weighted by atomic mass is 10.2. The van der Waals surface area contributed by atoms with Gasteiger partial charge in [0, 0.05) is 22.8 Å². The molecule has 0 aliphatic heterocycles. The smallest absolute Gasteiger partial charge is 0.158 e. The van der Waals surface area contributed by atoms with E-state index in [0.29, 0.717) is 0 Å². The molecule has 1 N–H and O–H groups in total. The molecule has 2 aromatic heterocycles. The van der Waals surface area contributed by atoms with Gasteiger partial charge in [-0.25, -0.2) is 9.67 Å². The minimum absolute atomic E-state index is 0.783. The molecule has 0 amide bonds. The van der Waals surface area contributed by atoms with Crippen LogP contribution in [-0.4, -0.2) is 21.3 Å². The minimum atomic E-state index is 0.783. The first kappa shape index (κ1) is 15.7. The van der Waals surface area contributed by atoms with E-state index in [1.165, 1.54) is 0 Å². The number of hydrogen-bond donors (Lipinski definition) is 1. The van der Waals surface area contributed by atoms with Gasteiger partial charge in [-0.2, -0.15) is 5.10 Å². The molecule has 6 heteroatoms. The van der Waals surface area contributed by atoms with Gasteiger partial charge in [-0.3, -0.25) is 0 Å². The summed E-state index contributed by atoms with van der Waals surface area (Å²) in [6, 6.07) is 2.09. The molecule has 2 aromatic rings. The quantitative estimate of drug-likeness (QED) is 0.772. The number of halogens is 2. The highest BCUT2D eigenvalue weighted by molar-refractivity contribution is 9.10. The molecule has 2 rings (SSSR count). The number of pyridine rings is 1. The van der Waals surface area contributed by atoms with E-state index in [0.717, 1.165) is 51.2 Å². The Morgan fingerprint density at radius 3 is 2.65 bits per heavy atom. The Balaban J connectivity index is 2.42. The molecule has 4 nitrogen and oxygen atoms in total. The molecular formula is C14H18Br2N4. The van der Waals surface area contributed by atoms with Gasteiger partial charge in [0.25, 0.3) is 0 Å². The fourth-order valence-electron chi connectivity index (χ4n) is 2.02. The van der Waals surface area contributed by atoms with Crippen molar-refractivity contribution in [3.63, 3.8) is 0 Å². The fraction of sp³-hybridized carbons (Fsp3) is 0.429. The molecule has 0 radical (unpaired) electrons. The van der Waals surface area contributed by atoms with E-state index in [-0.39, 0.29) is 0 Å². The molecule has 0 spiro atoms. The maximum atomic E-state index is 4.56. The van der Waals surface area contributed by atoms with Crippen molar-refractivity contribution in [3.05, 3.63) is 38.2 Å². The van der Waals surface area contributed by atoms with Crippen molar-refractivity contribution >= 4 is 31.9 Å². The van der Waals surface area contributed by atoms with Gasteiger partial charge >= 0.3 is 0 Å². The average Bonchev–Trinajstić information content (AvgIpc) is 2.67. The van der Waals surface area contributed by atoms with Crippen molar-refractivity contribution in [1.82, 2.24) is 20.1 Å². The van der Waals surface area contributed by atoms with Gasteiger partial charge in [-0.05, 0) is 64.7 Å². The molecule has 0 unspecified atom stereocenters. The summed E-state index contributed by atoms with van der Waals surface area (Å²) in [6.07, 6.45) is 2.92. The van der Waals surface area contributed by atoms with Gasteiger partial charge in [0.2, 0.25) is 0 Å². The third kappa shape index (κ3) is 3.30. The maximum Gasteiger partial charge on any atom is 0.158 e. The molecule has 108 valence electrons. The SMILES string of the molecule is CCCNCc1cc(Br)cnc1-n1nc(C)c(Br)c1C. The summed E-state index contributed by atoms with van der Waals surface area (Å²) in [5.41, 5.74) is 3.17. The Bertz CT molecular complexity index is 607. The van der Waals surface area contributed by atoms with E-state index in [2.05, 4.69) is 60.2 Å². The molecule has 0 saturated heterocycles. The Hall–Kier alpha value is -0.720. The van der Waals surface area contributed by atoms with Crippen LogP contribution in [0.3, 0.4) is 0 Å². The molecule has 0 atom stereocenters. The normalized spacial score (nSPS) is 11.1.